The van der Waals surface area contributed by atoms with Crippen LogP contribution in [0.2, 0.25) is 0 Å². The molecule has 0 spiro atoms. The molecule has 4 heteroatoms. The third kappa shape index (κ3) is 4.62. The molecule has 4 nitrogen and oxygen atoms in total. The van der Waals surface area contributed by atoms with Gasteiger partial charge in [0, 0.05) is 19.3 Å². The Kier molecular flexibility index (Phi) is 5.65. The highest BCUT2D eigenvalue weighted by Crippen LogP contribution is 2.15. The second-order valence-corrected chi connectivity index (χ2v) is 4.09. The van der Waals surface area contributed by atoms with Crippen LogP contribution in [0.15, 0.2) is 0 Å². The summed E-state index contributed by atoms with van der Waals surface area (Å²) >= 11 is 0. The van der Waals surface area contributed by atoms with Crippen LogP contribution in [0, 0.1) is 0 Å². The zero-order valence-electron chi connectivity index (χ0n) is 9.37. The Bertz CT molecular complexity index is 196. The van der Waals surface area contributed by atoms with Gasteiger partial charge in [0.2, 0.25) is 0 Å². The normalized spacial score (nSPS) is 26.5. The van der Waals surface area contributed by atoms with Crippen molar-refractivity contribution < 1.29 is 14.6 Å². The van der Waals surface area contributed by atoms with E-state index in [-0.39, 0.29) is 6.04 Å². The first kappa shape index (κ1) is 12.5. The molecule has 2 unspecified atom stereocenters. The van der Waals surface area contributed by atoms with Gasteiger partial charge in [0.25, 0.3) is 0 Å². The summed E-state index contributed by atoms with van der Waals surface area (Å²) in [4.78, 5) is 10.8. The van der Waals surface area contributed by atoms with Gasteiger partial charge in [-0.2, -0.15) is 0 Å². The van der Waals surface area contributed by atoms with E-state index in [2.05, 4.69) is 12.2 Å². The van der Waals surface area contributed by atoms with Gasteiger partial charge in [-0.15, -0.1) is 0 Å². The summed E-state index contributed by atoms with van der Waals surface area (Å²) in [5.41, 5.74) is 0. The number of carboxylic acid groups (broad SMARTS) is 1. The number of hydrogen-bond acceptors (Lipinski definition) is 3. The standard InChI is InChI=1S/C11H21NO3/c1-2-7-15-8-6-9-4-3-5-10(12-9)11(13)14/h9-10,12H,2-8H2,1H3,(H,13,14). The van der Waals surface area contributed by atoms with E-state index >= 15 is 0 Å². The van der Waals surface area contributed by atoms with E-state index in [1.807, 2.05) is 0 Å². The molecule has 0 aromatic rings. The number of hydrogen-bond donors (Lipinski definition) is 2. The Morgan fingerprint density at radius 1 is 1.47 bits per heavy atom. The molecule has 88 valence electrons. The highest BCUT2D eigenvalue weighted by atomic mass is 16.5. The van der Waals surface area contributed by atoms with Crippen molar-refractivity contribution in [2.75, 3.05) is 13.2 Å². The van der Waals surface area contributed by atoms with Crippen molar-refractivity contribution in [3.8, 4) is 0 Å². The van der Waals surface area contributed by atoms with Crippen molar-refractivity contribution in [1.29, 1.82) is 0 Å². The third-order valence-corrected chi connectivity index (χ3v) is 2.74. The van der Waals surface area contributed by atoms with Crippen LogP contribution >= 0.6 is 0 Å². The summed E-state index contributed by atoms with van der Waals surface area (Å²) in [6.45, 7) is 3.62. The van der Waals surface area contributed by atoms with Gasteiger partial charge in [0.1, 0.15) is 6.04 Å². The highest BCUT2D eigenvalue weighted by molar-refractivity contribution is 5.73. The first-order valence-electron chi connectivity index (χ1n) is 5.80. The molecule has 15 heavy (non-hydrogen) atoms. The highest BCUT2D eigenvalue weighted by Gasteiger charge is 2.25. The molecule has 2 N–H and O–H groups in total. The number of nitrogens with one attached hydrogen (secondary N) is 1. The predicted octanol–water partition coefficient (Wildman–Crippen LogP) is 1.40. The number of carbonyl (C=O) groups is 1. The molecule has 1 saturated heterocycles. The van der Waals surface area contributed by atoms with Crippen LogP contribution in [-0.4, -0.2) is 36.4 Å². The summed E-state index contributed by atoms with van der Waals surface area (Å²) in [7, 11) is 0. The molecule has 0 aromatic carbocycles. The molecule has 0 bridgehead atoms. The monoisotopic (exact) mass is 215 g/mol. The van der Waals surface area contributed by atoms with Crippen LogP contribution < -0.4 is 5.32 Å². The van der Waals surface area contributed by atoms with E-state index in [1.54, 1.807) is 0 Å². The summed E-state index contributed by atoms with van der Waals surface area (Å²) in [6, 6.07) is -0.0355. The summed E-state index contributed by atoms with van der Waals surface area (Å²) in [5, 5.41) is 12.0. The predicted molar refractivity (Wildman–Crippen MR) is 57.9 cm³/mol. The molecule has 1 rings (SSSR count). The van der Waals surface area contributed by atoms with E-state index in [0.717, 1.165) is 45.3 Å². The quantitative estimate of drug-likeness (QED) is 0.657. The minimum Gasteiger partial charge on any atom is -0.480 e. The van der Waals surface area contributed by atoms with Gasteiger partial charge in [-0.05, 0) is 32.1 Å². The molecule has 0 amide bonds. The molecule has 0 aliphatic carbocycles. The smallest absolute Gasteiger partial charge is 0.320 e. The minimum atomic E-state index is -0.728. The van der Waals surface area contributed by atoms with Crippen molar-refractivity contribution in [3.63, 3.8) is 0 Å². The van der Waals surface area contributed by atoms with E-state index < -0.39 is 5.97 Å². The van der Waals surface area contributed by atoms with Gasteiger partial charge in [-0.3, -0.25) is 4.79 Å². The Morgan fingerprint density at radius 3 is 2.93 bits per heavy atom. The molecule has 1 fully saturated rings. The number of rotatable bonds is 6. The van der Waals surface area contributed by atoms with Gasteiger partial charge in [-0.1, -0.05) is 6.92 Å². The molecule has 1 aliphatic rings. The van der Waals surface area contributed by atoms with Crippen LogP contribution in [0.4, 0.5) is 0 Å². The number of ether oxygens (including phenoxy) is 1. The Balaban J connectivity index is 2.15. The molecular weight excluding hydrogens is 194 g/mol. The van der Waals surface area contributed by atoms with Crippen LogP contribution in [-0.2, 0) is 9.53 Å². The fourth-order valence-electron chi connectivity index (χ4n) is 1.91. The van der Waals surface area contributed by atoms with Gasteiger partial charge in [-0.25, -0.2) is 0 Å². The van der Waals surface area contributed by atoms with Crippen LogP contribution in [0.1, 0.15) is 39.0 Å². The van der Waals surface area contributed by atoms with Crippen molar-refractivity contribution in [2.24, 2.45) is 0 Å². The zero-order valence-corrected chi connectivity index (χ0v) is 9.37. The lowest BCUT2D eigenvalue weighted by atomic mass is 9.97. The largest absolute Gasteiger partial charge is 0.480 e. The second-order valence-electron chi connectivity index (χ2n) is 4.09. The second kappa shape index (κ2) is 6.80. The number of carboxylic acids is 1. The number of aliphatic carboxylic acids is 1. The zero-order chi connectivity index (χ0) is 11.1. The SMILES string of the molecule is CCCOCCC1CCCC(C(=O)O)N1. The van der Waals surface area contributed by atoms with Gasteiger partial charge < -0.3 is 15.2 Å². The maximum atomic E-state index is 10.8. The molecule has 0 radical (unpaired) electrons. The minimum absolute atomic E-state index is 0.316. The summed E-state index contributed by atoms with van der Waals surface area (Å²) in [6.07, 6.45) is 4.78. The molecular formula is C11H21NO3. The van der Waals surface area contributed by atoms with Gasteiger partial charge in [0.05, 0.1) is 0 Å². The fraction of sp³-hybridized carbons (Fsp3) is 0.909. The maximum absolute atomic E-state index is 10.8. The third-order valence-electron chi connectivity index (χ3n) is 2.74. The molecule has 1 heterocycles. The lowest BCUT2D eigenvalue weighted by Gasteiger charge is -2.28. The van der Waals surface area contributed by atoms with Crippen molar-refractivity contribution in [2.45, 2.75) is 51.1 Å². The summed E-state index contributed by atoms with van der Waals surface area (Å²) < 4.78 is 5.39. The molecule has 2 atom stereocenters. The van der Waals surface area contributed by atoms with Gasteiger partial charge >= 0.3 is 5.97 Å². The molecule has 0 saturated carbocycles. The van der Waals surface area contributed by atoms with Crippen molar-refractivity contribution >= 4 is 5.97 Å². The van der Waals surface area contributed by atoms with Gasteiger partial charge in [0.15, 0.2) is 0 Å². The Labute approximate surface area is 91.0 Å². The van der Waals surface area contributed by atoms with Crippen molar-refractivity contribution in [1.82, 2.24) is 5.32 Å². The lowest BCUT2D eigenvalue weighted by Crippen LogP contribution is -2.47. The molecule has 1 aliphatic heterocycles. The Hall–Kier alpha value is -0.610. The van der Waals surface area contributed by atoms with E-state index in [1.165, 1.54) is 0 Å². The van der Waals surface area contributed by atoms with Crippen LogP contribution in [0.3, 0.4) is 0 Å². The first-order valence-corrected chi connectivity index (χ1v) is 5.80. The maximum Gasteiger partial charge on any atom is 0.320 e. The fourth-order valence-corrected chi connectivity index (χ4v) is 1.91. The van der Waals surface area contributed by atoms with E-state index in [0.29, 0.717) is 6.04 Å². The van der Waals surface area contributed by atoms with E-state index in [9.17, 15) is 4.79 Å². The number of piperidine rings is 1. The van der Waals surface area contributed by atoms with Crippen LogP contribution in [0.5, 0.6) is 0 Å². The average Bonchev–Trinajstić information content (AvgIpc) is 2.25. The average molecular weight is 215 g/mol. The lowest BCUT2D eigenvalue weighted by molar-refractivity contribution is -0.140. The van der Waals surface area contributed by atoms with Crippen LogP contribution in [0.25, 0.3) is 0 Å². The van der Waals surface area contributed by atoms with Crippen molar-refractivity contribution in [3.05, 3.63) is 0 Å². The molecule has 0 aromatic heterocycles. The summed E-state index contributed by atoms with van der Waals surface area (Å²) in [5.74, 6) is -0.728. The topological polar surface area (TPSA) is 58.6 Å². The first-order chi connectivity index (χ1) is 7.24. The van der Waals surface area contributed by atoms with E-state index in [4.69, 9.17) is 9.84 Å². The Morgan fingerprint density at radius 2 is 2.27 bits per heavy atom.